The van der Waals surface area contributed by atoms with Crippen LogP contribution < -0.4 is 10.1 Å². The van der Waals surface area contributed by atoms with Crippen LogP contribution in [0.25, 0.3) is 22.5 Å². The molecule has 1 aliphatic carbocycles. The Morgan fingerprint density at radius 3 is 2.81 bits per heavy atom. The number of amides is 1. The maximum Gasteiger partial charge on any atom is 0.255 e. The summed E-state index contributed by atoms with van der Waals surface area (Å²) in [4.78, 5) is 17.0. The van der Waals surface area contributed by atoms with Gasteiger partial charge in [-0.25, -0.2) is 0 Å². The van der Waals surface area contributed by atoms with E-state index in [1.807, 2.05) is 36.4 Å². The predicted molar refractivity (Wildman–Crippen MR) is 119 cm³/mol. The van der Waals surface area contributed by atoms with Crippen molar-refractivity contribution in [2.24, 2.45) is 0 Å². The first-order chi connectivity index (χ1) is 15.7. The van der Waals surface area contributed by atoms with E-state index in [0.29, 0.717) is 29.8 Å². The molecule has 0 atom stereocenters. The molecule has 0 radical (unpaired) electrons. The van der Waals surface area contributed by atoms with Crippen LogP contribution in [-0.4, -0.2) is 28.2 Å². The molecule has 1 amide bonds. The van der Waals surface area contributed by atoms with Crippen molar-refractivity contribution in [3.8, 4) is 34.3 Å². The Labute approximate surface area is 184 Å². The summed E-state index contributed by atoms with van der Waals surface area (Å²) in [5.74, 6) is 0.310. The van der Waals surface area contributed by atoms with E-state index < -0.39 is 0 Å². The molecule has 0 spiro atoms. The summed E-state index contributed by atoms with van der Waals surface area (Å²) in [7, 11) is 1.56. The fourth-order valence-corrected chi connectivity index (χ4v) is 4.02. The van der Waals surface area contributed by atoms with Crippen LogP contribution in [0.2, 0.25) is 0 Å². The monoisotopic (exact) mass is 421 g/mol. The Balaban J connectivity index is 1.44. The molecule has 32 heavy (non-hydrogen) atoms. The normalized spacial score (nSPS) is 11.4. The molecule has 2 N–H and O–H groups in total. The molecule has 7 heteroatoms. The molecular formula is C25H19N5O2. The van der Waals surface area contributed by atoms with E-state index in [0.717, 1.165) is 39.2 Å². The number of aromatic nitrogens is 3. The summed E-state index contributed by atoms with van der Waals surface area (Å²) in [6.45, 7) is 0.388. The van der Waals surface area contributed by atoms with Crippen molar-refractivity contribution in [2.45, 2.75) is 13.0 Å². The number of nitriles is 1. The van der Waals surface area contributed by atoms with Crippen LogP contribution in [-0.2, 0) is 13.0 Å². The summed E-state index contributed by atoms with van der Waals surface area (Å²) >= 11 is 0. The molecule has 5 rings (SSSR count). The lowest BCUT2D eigenvalue weighted by atomic mass is 10.0. The summed E-state index contributed by atoms with van der Waals surface area (Å²) in [5.41, 5.74) is 7.83. The van der Waals surface area contributed by atoms with E-state index in [9.17, 15) is 4.79 Å². The highest BCUT2D eigenvalue weighted by molar-refractivity contribution is 5.99. The van der Waals surface area contributed by atoms with Gasteiger partial charge in [0.25, 0.3) is 5.91 Å². The van der Waals surface area contributed by atoms with Crippen molar-refractivity contribution in [1.82, 2.24) is 20.5 Å². The lowest BCUT2D eigenvalue weighted by Gasteiger charge is -2.12. The molecule has 156 valence electrons. The Morgan fingerprint density at radius 1 is 1.25 bits per heavy atom. The van der Waals surface area contributed by atoms with Gasteiger partial charge in [0.05, 0.1) is 35.7 Å². The zero-order chi connectivity index (χ0) is 22.1. The van der Waals surface area contributed by atoms with Crippen LogP contribution in [0, 0.1) is 11.3 Å². The number of rotatable bonds is 5. The van der Waals surface area contributed by atoms with Gasteiger partial charge in [-0.2, -0.15) is 10.4 Å². The molecule has 1 aliphatic rings. The number of benzene rings is 2. The molecular weight excluding hydrogens is 402 g/mol. The van der Waals surface area contributed by atoms with E-state index in [1.54, 1.807) is 31.6 Å². The van der Waals surface area contributed by atoms with E-state index in [1.165, 1.54) is 0 Å². The third-order valence-corrected chi connectivity index (χ3v) is 5.64. The van der Waals surface area contributed by atoms with Crippen molar-refractivity contribution >= 4 is 5.91 Å². The zero-order valence-corrected chi connectivity index (χ0v) is 17.3. The largest absolute Gasteiger partial charge is 0.496 e. The van der Waals surface area contributed by atoms with Crippen molar-refractivity contribution in [1.29, 1.82) is 5.26 Å². The first kappa shape index (κ1) is 19.5. The van der Waals surface area contributed by atoms with Crippen LogP contribution in [0.3, 0.4) is 0 Å². The molecule has 2 aromatic carbocycles. The van der Waals surface area contributed by atoms with Gasteiger partial charge in [-0.3, -0.25) is 14.9 Å². The molecule has 0 saturated carbocycles. The maximum absolute atomic E-state index is 12.9. The number of aromatic amines is 1. The SMILES string of the molecule is COc1cc2c(cc1C(=O)NCc1cccnc1)Cc1c(-c3ccc(C#N)cc3)n[nH]c1-2. The van der Waals surface area contributed by atoms with Crippen LogP contribution in [0.5, 0.6) is 5.75 Å². The number of hydrogen-bond acceptors (Lipinski definition) is 5. The van der Waals surface area contributed by atoms with Crippen molar-refractivity contribution in [2.75, 3.05) is 7.11 Å². The minimum atomic E-state index is -0.200. The molecule has 0 bridgehead atoms. The number of nitrogens with one attached hydrogen (secondary N) is 2. The van der Waals surface area contributed by atoms with E-state index >= 15 is 0 Å². The minimum Gasteiger partial charge on any atom is -0.496 e. The number of carbonyl (C=O) groups is 1. The molecule has 2 heterocycles. The quantitative estimate of drug-likeness (QED) is 0.449. The second-order valence-electron chi connectivity index (χ2n) is 7.55. The summed E-state index contributed by atoms with van der Waals surface area (Å²) in [5, 5.41) is 19.6. The molecule has 0 fully saturated rings. The minimum absolute atomic E-state index is 0.200. The average molecular weight is 421 g/mol. The summed E-state index contributed by atoms with van der Waals surface area (Å²) < 4.78 is 5.54. The Kier molecular flexibility index (Phi) is 4.88. The third-order valence-electron chi connectivity index (χ3n) is 5.64. The van der Waals surface area contributed by atoms with E-state index in [4.69, 9.17) is 10.00 Å². The first-order valence-electron chi connectivity index (χ1n) is 10.1. The van der Waals surface area contributed by atoms with Crippen LogP contribution in [0.4, 0.5) is 0 Å². The standard InChI is InChI=1S/C25H19N5O2/c1-32-22-11-19-18(9-20(22)25(31)28-14-16-3-2-8-27-13-16)10-21-23(29-30-24(19)21)17-6-4-15(12-26)5-7-17/h2-9,11,13H,10,14H2,1H3,(H,28,31)(H,29,30). The molecule has 7 nitrogen and oxygen atoms in total. The van der Waals surface area contributed by atoms with Gasteiger partial charge in [0.2, 0.25) is 0 Å². The van der Waals surface area contributed by atoms with Crippen LogP contribution >= 0.6 is 0 Å². The summed E-state index contributed by atoms with van der Waals surface area (Å²) in [6.07, 6.45) is 4.08. The Morgan fingerprint density at radius 2 is 2.09 bits per heavy atom. The number of carbonyl (C=O) groups excluding carboxylic acids is 1. The second-order valence-corrected chi connectivity index (χ2v) is 7.55. The lowest BCUT2D eigenvalue weighted by Crippen LogP contribution is -2.23. The highest BCUT2D eigenvalue weighted by Gasteiger charge is 2.28. The smallest absolute Gasteiger partial charge is 0.255 e. The highest BCUT2D eigenvalue weighted by Crippen LogP contribution is 2.42. The fourth-order valence-electron chi connectivity index (χ4n) is 4.02. The van der Waals surface area contributed by atoms with E-state index in [-0.39, 0.29) is 5.91 Å². The van der Waals surface area contributed by atoms with Gasteiger partial charge in [-0.1, -0.05) is 18.2 Å². The van der Waals surface area contributed by atoms with Gasteiger partial charge >= 0.3 is 0 Å². The Bertz CT molecular complexity index is 1350. The van der Waals surface area contributed by atoms with E-state index in [2.05, 4.69) is 26.6 Å². The number of methoxy groups -OCH3 is 1. The number of H-pyrrole nitrogens is 1. The summed E-state index contributed by atoms with van der Waals surface area (Å²) in [6, 6.07) is 17.0. The zero-order valence-electron chi connectivity index (χ0n) is 17.3. The van der Waals surface area contributed by atoms with Gasteiger partial charge in [0, 0.05) is 42.0 Å². The number of nitrogens with zero attached hydrogens (tertiary/aromatic N) is 3. The molecule has 4 aromatic rings. The lowest BCUT2D eigenvalue weighted by molar-refractivity contribution is 0.0948. The van der Waals surface area contributed by atoms with Gasteiger partial charge in [0.15, 0.2) is 0 Å². The number of pyridine rings is 1. The average Bonchev–Trinajstić information content (AvgIpc) is 3.41. The van der Waals surface area contributed by atoms with Crippen LogP contribution in [0.1, 0.15) is 32.6 Å². The molecule has 0 unspecified atom stereocenters. The van der Waals surface area contributed by atoms with Gasteiger partial charge in [-0.15, -0.1) is 0 Å². The van der Waals surface area contributed by atoms with Gasteiger partial charge in [0.1, 0.15) is 5.75 Å². The maximum atomic E-state index is 12.9. The van der Waals surface area contributed by atoms with Crippen molar-refractivity contribution < 1.29 is 9.53 Å². The predicted octanol–water partition coefficient (Wildman–Crippen LogP) is 3.85. The van der Waals surface area contributed by atoms with Gasteiger partial charge < -0.3 is 10.1 Å². The van der Waals surface area contributed by atoms with Crippen molar-refractivity contribution in [3.05, 3.63) is 88.7 Å². The highest BCUT2D eigenvalue weighted by atomic mass is 16.5. The molecule has 2 aromatic heterocycles. The van der Waals surface area contributed by atoms with Crippen molar-refractivity contribution in [3.63, 3.8) is 0 Å². The Hall–Kier alpha value is -4.44. The van der Waals surface area contributed by atoms with Crippen LogP contribution in [0.15, 0.2) is 60.9 Å². The third kappa shape index (κ3) is 3.38. The number of ether oxygens (including phenoxy) is 1. The fraction of sp³-hybridized carbons (Fsp3) is 0.120. The van der Waals surface area contributed by atoms with Gasteiger partial charge in [-0.05, 0) is 41.5 Å². The number of fused-ring (bicyclic) bond motifs is 3. The first-order valence-corrected chi connectivity index (χ1v) is 10.1. The topological polar surface area (TPSA) is 104 Å². The molecule has 0 aliphatic heterocycles. The second kappa shape index (κ2) is 8.00. The molecule has 0 saturated heterocycles. The number of hydrogen-bond donors (Lipinski definition) is 2.